The lowest BCUT2D eigenvalue weighted by Gasteiger charge is -2.19. The van der Waals surface area contributed by atoms with Gasteiger partial charge in [0.25, 0.3) is 11.8 Å². The molecule has 3 N–H and O–H groups in total. The van der Waals surface area contributed by atoms with Crippen molar-refractivity contribution in [3.8, 4) is 5.75 Å². The summed E-state index contributed by atoms with van der Waals surface area (Å²) in [5.41, 5.74) is 0.693. The Morgan fingerprint density at radius 2 is 1.80 bits per heavy atom. The summed E-state index contributed by atoms with van der Waals surface area (Å²) in [7, 11) is 0. The molecule has 35 heavy (non-hydrogen) atoms. The van der Waals surface area contributed by atoms with Crippen molar-refractivity contribution >= 4 is 41.1 Å². The van der Waals surface area contributed by atoms with Gasteiger partial charge >= 0.3 is 6.09 Å². The van der Waals surface area contributed by atoms with Crippen LogP contribution >= 0.6 is 23.2 Å². The molecule has 0 aliphatic rings. The number of amides is 3. The molecular formula is C24H28Cl2N4O5. The van der Waals surface area contributed by atoms with Gasteiger partial charge in [0.15, 0.2) is 6.61 Å². The largest absolute Gasteiger partial charge is 0.484 e. The number of nitrogens with one attached hydrogen (secondary N) is 3. The molecule has 1 heterocycles. The van der Waals surface area contributed by atoms with E-state index in [1.54, 1.807) is 45.0 Å². The average Bonchev–Trinajstić information content (AvgIpc) is 2.77. The molecule has 0 bridgehead atoms. The summed E-state index contributed by atoms with van der Waals surface area (Å²) in [5, 5.41) is 8.66. The molecule has 11 heteroatoms. The normalized spacial score (nSPS) is 10.8. The third-order valence-electron chi connectivity index (χ3n) is 4.18. The lowest BCUT2D eigenvalue weighted by atomic mass is 10.2. The third-order valence-corrected chi connectivity index (χ3v) is 4.92. The molecule has 1 aromatic heterocycles. The van der Waals surface area contributed by atoms with E-state index >= 15 is 0 Å². The Morgan fingerprint density at radius 3 is 2.49 bits per heavy atom. The highest BCUT2D eigenvalue weighted by atomic mass is 35.5. The fourth-order valence-electron chi connectivity index (χ4n) is 2.63. The third kappa shape index (κ3) is 10.7. The summed E-state index contributed by atoms with van der Waals surface area (Å²) in [6.07, 6.45) is 1.24. The molecule has 1 aromatic carbocycles. The van der Waals surface area contributed by atoms with Gasteiger partial charge in [-0.2, -0.15) is 0 Å². The number of hydrogen-bond donors (Lipinski definition) is 3. The molecular weight excluding hydrogens is 495 g/mol. The second-order valence-corrected chi connectivity index (χ2v) is 9.24. The smallest absolute Gasteiger partial charge is 0.407 e. The second kappa shape index (κ2) is 13.0. The summed E-state index contributed by atoms with van der Waals surface area (Å²) in [5.74, 6) is -0.395. The highest BCUT2D eigenvalue weighted by molar-refractivity contribution is 6.42. The van der Waals surface area contributed by atoms with Crippen LogP contribution < -0.4 is 20.7 Å². The van der Waals surface area contributed by atoms with Gasteiger partial charge in [0, 0.05) is 37.5 Å². The molecule has 0 saturated carbocycles. The summed E-state index contributed by atoms with van der Waals surface area (Å²) < 4.78 is 10.6. The quantitative estimate of drug-likeness (QED) is 0.429. The fourth-order valence-corrected chi connectivity index (χ4v) is 2.91. The molecule has 2 rings (SSSR count). The van der Waals surface area contributed by atoms with Crippen LogP contribution in [0.5, 0.6) is 5.75 Å². The zero-order valence-corrected chi connectivity index (χ0v) is 21.3. The maximum Gasteiger partial charge on any atom is 0.407 e. The molecule has 0 atom stereocenters. The summed E-state index contributed by atoms with van der Waals surface area (Å²) in [6.45, 7) is 9.27. The van der Waals surface area contributed by atoms with Gasteiger partial charge in [0.05, 0.1) is 10.0 Å². The van der Waals surface area contributed by atoms with Crippen LogP contribution in [0, 0.1) is 0 Å². The van der Waals surface area contributed by atoms with Gasteiger partial charge in [0.2, 0.25) is 0 Å². The van der Waals surface area contributed by atoms with Crippen molar-refractivity contribution in [2.45, 2.75) is 39.3 Å². The number of alkyl carbamates (subject to hydrolysis) is 1. The predicted octanol–water partition coefficient (Wildman–Crippen LogP) is 4.24. The van der Waals surface area contributed by atoms with Crippen molar-refractivity contribution in [3.05, 3.63) is 70.1 Å². The van der Waals surface area contributed by atoms with E-state index in [2.05, 4.69) is 27.5 Å². The van der Waals surface area contributed by atoms with Gasteiger partial charge < -0.3 is 25.4 Å². The van der Waals surface area contributed by atoms with Crippen LogP contribution in [0.15, 0.2) is 48.8 Å². The maximum absolute atomic E-state index is 12.4. The van der Waals surface area contributed by atoms with Crippen molar-refractivity contribution in [2.75, 3.05) is 13.2 Å². The number of pyridine rings is 1. The van der Waals surface area contributed by atoms with Gasteiger partial charge in [-0.3, -0.25) is 14.6 Å². The SMILES string of the molecule is C=C(CCNC(=O)c1cc(CNC(=O)OC(C)(C)C)ccn1)NC(=O)COc1ccc(Cl)c(Cl)c1. The van der Waals surface area contributed by atoms with Crippen molar-refractivity contribution in [1.82, 2.24) is 20.9 Å². The number of nitrogens with zero attached hydrogens (tertiary/aromatic N) is 1. The van der Waals surface area contributed by atoms with Gasteiger partial charge in [0.1, 0.15) is 17.0 Å². The molecule has 3 amide bonds. The molecule has 0 saturated heterocycles. The Balaban J connectivity index is 1.72. The van der Waals surface area contributed by atoms with E-state index in [-0.39, 0.29) is 25.4 Å². The van der Waals surface area contributed by atoms with Gasteiger partial charge in [-0.15, -0.1) is 0 Å². The molecule has 2 aromatic rings. The van der Waals surface area contributed by atoms with Crippen molar-refractivity contribution in [2.24, 2.45) is 0 Å². The summed E-state index contributed by atoms with van der Waals surface area (Å²) in [4.78, 5) is 40.3. The van der Waals surface area contributed by atoms with Crippen molar-refractivity contribution in [1.29, 1.82) is 0 Å². The Kier molecular flexibility index (Phi) is 10.4. The van der Waals surface area contributed by atoms with Crippen LogP contribution in [0.25, 0.3) is 0 Å². The van der Waals surface area contributed by atoms with E-state index in [9.17, 15) is 14.4 Å². The van der Waals surface area contributed by atoms with E-state index in [1.165, 1.54) is 12.3 Å². The van der Waals surface area contributed by atoms with Crippen molar-refractivity contribution in [3.63, 3.8) is 0 Å². The first-order chi connectivity index (χ1) is 16.4. The molecule has 0 aliphatic carbocycles. The zero-order chi connectivity index (χ0) is 26.0. The first-order valence-corrected chi connectivity index (χ1v) is 11.4. The first-order valence-electron chi connectivity index (χ1n) is 10.7. The minimum absolute atomic E-state index is 0.185. The number of carbonyl (C=O) groups is 3. The molecule has 0 fully saturated rings. The van der Waals surface area contributed by atoms with Crippen molar-refractivity contribution < 1.29 is 23.9 Å². The first kappa shape index (κ1) is 27.9. The van der Waals surface area contributed by atoms with Crippen LogP contribution in [0.1, 0.15) is 43.2 Å². The number of ether oxygens (including phenoxy) is 2. The number of carbonyl (C=O) groups excluding carboxylic acids is 3. The maximum atomic E-state index is 12.4. The number of hydrogen-bond acceptors (Lipinski definition) is 6. The van der Waals surface area contributed by atoms with E-state index in [1.807, 2.05) is 0 Å². The lowest BCUT2D eigenvalue weighted by Crippen LogP contribution is -2.32. The van der Waals surface area contributed by atoms with Crippen LogP contribution in [-0.2, 0) is 16.1 Å². The summed E-state index contributed by atoms with van der Waals surface area (Å²) >= 11 is 11.8. The Morgan fingerprint density at radius 1 is 1.06 bits per heavy atom. The zero-order valence-electron chi connectivity index (χ0n) is 19.7. The lowest BCUT2D eigenvalue weighted by molar-refractivity contribution is -0.122. The second-order valence-electron chi connectivity index (χ2n) is 8.43. The molecule has 0 aliphatic heterocycles. The predicted molar refractivity (Wildman–Crippen MR) is 134 cm³/mol. The number of rotatable bonds is 10. The fraction of sp³-hybridized carbons (Fsp3) is 0.333. The molecule has 188 valence electrons. The average molecular weight is 523 g/mol. The Hall–Kier alpha value is -3.30. The van der Waals surface area contributed by atoms with E-state index in [4.69, 9.17) is 32.7 Å². The molecule has 0 radical (unpaired) electrons. The topological polar surface area (TPSA) is 119 Å². The minimum atomic E-state index is -0.602. The molecule has 0 unspecified atom stereocenters. The van der Waals surface area contributed by atoms with E-state index < -0.39 is 23.5 Å². The van der Waals surface area contributed by atoms with Gasteiger partial charge in [-0.1, -0.05) is 29.8 Å². The van der Waals surface area contributed by atoms with E-state index in [0.29, 0.717) is 33.5 Å². The number of benzene rings is 1. The van der Waals surface area contributed by atoms with Crippen LogP contribution in [0.3, 0.4) is 0 Å². The summed E-state index contributed by atoms with van der Waals surface area (Å²) in [6, 6.07) is 7.94. The van der Waals surface area contributed by atoms with E-state index in [0.717, 1.165) is 0 Å². The monoisotopic (exact) mass is 522 g/mol. The minimum Gasteiger partial charge on any atom is -0.484 e. The van der Waals surface area contributed by atoms with Crippen LogP contribution in [0.2, 0.25) is 10.0 Å². The Bertz CT molecular complexity index is 1090. The standard InChI is InChI=1S/C24H28Cl2N4O5/c1-15(30-21(31)14-34-17-5-6-18(25)19(26)12-17)7-9-28-22(32)20-11-16(8-10-27-20)13-29-23(33)35-24(2,3)4/h5-6,8,10-12H,1,7,9,13-14H2,2-4H3,(H,28,32)(H,29,33)(H,30,31). The van der Waals surface area contributed by atoms with Crippen LogP contribution in [-0.4, -0.2) is 41.6 Å². The Labute approximate surface area is 214 Å². The highest BCUT2D eigenvalue weighted by Crippen LogP contribution is 2.26. The van der Waals surface area contributed by atoms with Gasteiger partial charge in [-0.05, 0) is 50.6 Å². The number of halogens is 2. The van der Waals surface area contributed by atoms with Gasteiger partial charge in [-0.25, -0.2) is 4.79 Å². The number of aromatic nitrogens is 1. The highest BCUT2D eigenvalue weighted by Gasteiger charge is 2.16. The van der Waals surface area contributed by atoms with Crippen LogP contribution in [0.4, 0.5) is 4.79 Å². The molecule has 0 spiro atoms. The molecule has 9 nitrogen and oxygen atoms in total.